The van der Waals surface area contributed by atoms with Crippen LogP contribution in [0.3, 0.4) is 0 Å². The minimum absolute atomic E-state index is 0.0150. The number of carbonyl (C=O) groups excluding carboxylic acids is 2. The van der Waals surface area contributed by atoms with Crippen molar-refractivity contribution in [1.29, 1.82) is 0 Å². The lowest BCUT2D eigenvalue weighted by atomic mass is 10.1. The summed E-state index contributed by atoms with van der Waals surface area (Å²) in [4.78, 5) is 24.2. The van der Waals surface area contributed by atoms with Crippen molar-refractivity contribution >= 4 is 12.0 Å². The van der Waals surface area contributed by atoms with Gasteiger partial charge in [0.1, 0.15) is 13.2 Å². The molecule has 2 amide bonds. The molecule has 1 aromatic heterocycles. The zero-order valence-corrected chi connectivity index (χ0v) is 11.9. The Balaban J connectivity index is 1.89. The molecular formula is C12H19N5O3. The Morgan fingerprint density at radius 3 is 2.85 bits per heavy atom. The van der Waals surface area contributed by atoms with Crippen LogP contribution in [0.5, 0.6) is 0 Å². The topological polar surface area (TPSA) is 89.4 Å². The van der Waals surface area contributed by atoms with E-state index in [2.05, 4.69) is 36.4 Å². The van der Waals surface area contributed by atoms with Crippen LogP contribution in [0.4, 0.5) is 4.79 Å². The van der Waals surface area contributed by atoms with Gasteiger partial charge in [0, 0.05) is 12.1 Å². The van der Waals surface area contributed by atoms with Crippen molar-refractivity contribution < 1.29 is 14.3 Å². The van der Waals surface area contributed by atoms with Crippen molar-refractivity contribution in [2.75, 3.05) is 13.2 Å². The highest BCUT2D eigenvalue weighted by atomic mass is 16.6. The van der Waals surface area contributed by atoms with Gasteiger partial charge >= 0.3 is 6.09 Å². The fourth-order valence-electron chi connectivity index (χ4n) is 1.70. The summed E-state index contributed by atoms with van der Waals surface area (Å²) in [7, 11) is 0. The van der Waals surface area contributed by atoms with Crippen LogP contribution in [0.15, 0.2) is 6.20 Å². The molecule has 0 unspecified atom stereocenters. The number of nitrogens with zero attached hydrogens (tertiary/aromatic N) is 4. The third-order valence-corrected chi connectivity index (χ3v) is 2.75. The van der Waals surface area contributed by atoms with E-state index in [0.717, 1.165) is 10.6 Å². The first-order valence-electron chi connectivity index (χ1n) is 6.46. The van der Waals surface area contributed by atoms with Crippen molar-refractivity contribution in [1.82, 2.24) is 25.2 Å². The van der Waals surface area contributed by atoms with E-state index < -0.39 is 6.09 Å². The van der Waals surface area contributed by atoms with Gasteiger partial charge < -0.3 is 10.1 Å². The van der Waals surface area contributed by atoms with E-state index >= 15 is 0 Å². The molecule has 1 aliphatic heterocycles. The quantitative estimate of drug-likeness (QED) is 0.844. The maximum absolute atomic E-state index is 11.9. The van der Waals surface area contributed by atoms with Crippen LogP contribution in [-0.4, -0.2) is 50.6 Å². The highest BCUT2D eigenvalue weighted by Crippen LogP contribution is 2.05. The summed E-state index contributed by atoms with van der Waals surface area (Å²) in [5.74, 6) is -0.340. The summed E-state index contributed by atoms with van der Waals surface area (Å²) in [5.41, 5.74) is 0.732. The molecule has 2 heterocycles. The molecule has 1 aliphatic rings. The standard InChI is InChI=1S/C12H19N5O3/c1-12(2,3)13-6-9-7-16(15-14-9)8-10(18)17-4-5-20-11(17)19/h7,13H,4-6,8H2,1-3H3. The summed E-state index contributed by atoms with van der Waals surface area (Å²) in [5, 5.41) is 11.1. The van der Waals surface area contributed by atoms with Crippen molar-refractivity contribution in [3.05, 3.63) is 11.9 Å². The Morgan fingerprint density at radius 1 is 1.50 bits per heavy atom. The summed E-state index contributed by atoms with van der Waals surface area (Å²) in [6.45, 7) is 7.27. The van der Waals surface area contributed by atoms with Crippen molar-refractivity contribution in [2.45, 2.75) is 39.4 Å². The van der Waals surface area contributed by atoms with Gasteiger partial charge in [-0.05, 0) is 20.8 Å². The van der Waals surface area contributed by atoms with E-state index in [0.29, 0.717) is 13.1 Å². The summed E-state index contributed by atoms with van der Waals surface area (Å²) < 4.78 is 6.14. The average Bonchev–Trinajstić information content (AvgIpc) is 2.94. The molecule has 0 saturated carbocycles. The lowest BCUT2D eigenvalue weighted by Gasteiger charge is -2.19. The number of amides is 2. The predicted octanol–water partition coefficient (Wildman–Crippen LogP) is 0.145. The van der Waals surface area contributed by atoms with Gasteiger partial charge in [0.25, 0.3) is 5.91 Å². The maximum atomic E-state index is 11.9. The van der Waals surface area contributed by atoms with E-state index in [1.54, 1.807) is 6.20 Å². The molecule has 0 aromatic carbocycles. The third-order valence-electron chi connectivity index (χ3n) is 2.75. The van der Waals surface area contributed by atoms with Gasteiger partial charge in [-0.25, -0.2) is 14.4 Å². The van der Waals surface area contributed by atoms with E-state index in [-0.39, 0.29) is 24.6 Å². The molecule has 1 fully saturated rings. The van der Waals surface area contributed by atoms with Crippen LogP contribution < -0.4 is 5.32 Å². The number of hydrogen-bond acceptors (Lipinski definition) is 6. The third kappa shape index (κ3) is 3.77. The molecule has 110 valence electrons. The summed E-state index contributed by atoms with van der Waals surface area (Å²) in [6.07, 6.45) is 1.10. The number of ether oxygens (including phenoxy) is 1. The minimum Gasteiger partial charge on any atom is -0.447 e. The van der Waals surface area contributed by atoms with Crippen LogP contribution in [0, 0.1) is 0 Å². The first-order chi connectivity index (χ1) is 9.35. The Hall–Kier alpha value is -1.96. The monoisotopic (exact) mass is 281 g/mol. The summed E-state index contributed by atoms with van der Waals surface area (Å²) >= 11 is 0. The Kier molecular flexibility index (Phi) is 4.03. The smallest absolute Gasteiger partial charge is 0.416 e. The molecule has 1 N–H and O–H groups in total. The normalized spacial score (nSPS) is 15.6. The fraction of sp³-hybridized carbons (Fsp3) is 0.667. The SMILES string of the molecule is CC(C)(C)NCc1cn(CC(=O)N2CCOC2=O)nn1. The summed E-state index contributed by atoms with van der Waals surface area (Å²) in [6, 6.07) is 0. The molecule has 2 rings (SSSR count). The van der Waals surface area contributed by atoms with Crippen LogP contribution in [-0.2, 0) is 22.6 Å². The number of aromatic nitrogens is 3. The van der Waals surface area contributed by atoms with Gasteiger partial charge in [0.05, 0.1) is 18.4 Å². The second-order valence-electron chi connectivity index (χ2n) is 5.67. The minimum atomic E-state index is -0.593. The van der Waals surface area contributed by atoms with Crippen molar-refractivity contribution in [3.63, 3.8) is 0 Å². The van der Waals surface area contributed by atoms with E-state index in [9.17, 15) is 9.59 Å². The molecule has 1 aromatic rings. The van der Waals surface area contributed by atoms with Gasteiger partial charge in [-0.2, -0.15) is 0 Å². The molecule has 0 atom stereocenters. The fourth-order valence-corrected chi connectivity index (χ4v) is 1.70. The van der Waals surface area contributed by atoms with Crippen LogP contribution in [0.2, 0.25) is 0 Å². The van der Waals surface area contributed by atoms with Gasteiger partial charge in [-0.3, -0.25) is 4.79 Å². The van der Waals surface area contributed by atoms with Crippen LogP contribution in [0.1, 0.15) is 26.5 Å². The zero-order valence-electron chi connectivity index (χ0n) is 11.9. The van der Waals surface area contributed by atoms with Crippen molar-refractivity contribution in [3.8, 4) is 0 Å². The first-order valence-corrected chi connectivity index (χ1v) is 6.46. The molecular weight excluding hydrogens is 262 g/mol. The molecule has 20 heavy (non-hydrogen) atoms. The number of hydrogen-bond donors (Lipinski definition) is 1. The lowest BCUT2D eigenvalue weighted by Crippen LogP contribution is -2.35. The van der Waals surface area contributed by atoms with Gasteiger partial charge in [-0.15, -0.1) is 5.10 Å². The molecule has 0 radical (unpaired) electrons. The van der Waals surface area contributed by atoms with Crippen LogP contribution in [0.25, 0.3) is 0 Å². The maximum Gasteiger partial charge on any atom is 0.416 e. The predicted molar refractivity (Wildman–Crippen MR) is 69.7 cm³/mol. The zero-order chi connectivity index (χ0) is 14.8. The van der Waals surface area contributed by atoms with Gasteiger partial charge in [0.15, 0.2) is 0 Å². The molecule has 8 heteroatoms. The van der Waals surface area contributed by atoms with Crippen LogP contribution >= 0.6 is 0 Å². The second kappa shape index (κ2) is 5.58. The lowest BCUT2D eigenvalue weighted by molar-refractivity contribution is -0.128. The molecule has 0 bridgehead atoms. The molecule has 8 nitrogen and oxygen atoms in total. The largest absolute Gasteiger partial charge is 0.447 e. The number of rotatable bonds is 4. The second-order valence-corrected chi connectivity index (χ2v) is 5.67. The number of imide groups is 1. The van der Waals surface area contributed by atoms with Gasteiger partial charge in [-0.1, -0.05) is 5.21 Å². The Bertz CT molecular complexity index is 505. The molecule has 1 saturated heterocycles. The number of carbonyl (C=O) groups is 2. The number of cyclic esters (lactones) is 1. The molecule has 0 spiro atoms. The number of nitrogens with one attached hydrogen (secondary N) is 1. The molecule has 0 aliphatic carbocycles. The van der Waals surface area contributed by atoms with E-state index in [4.69, 9.17) is 4.74 Å². The van der Waals surface area contributed by atoms with E-state index in [1.807, 2.05) is 0 Å². The Morgan fingerprint density at radius 2 is 2.25 bits per heavy atom. The Labute approximate surface area is 117 Å². The van der Waals surface area contributed by atoms with Crippen molar-refractivity contribution in [2.24, 2.45) is 0 Å². The van der Waals surface area contributed by atoms with Gasteiger partial charge in [0.2, 0.25) is 0 Å². The average molecular weight is 281 g/mol. The van der Waals surface area contributed by atoms with E-state index in [1.165, 1.54) is 4.68 Å². The highest BCUT2D eigenvalue weighted by molar-refractivity contribution is 5.92. The highest BCUT2D eigenvalue weighted by Gasteiger charge is 2.28. The first kappa shape index (κ1) is 14.4.